The second-order valence-electron chi connectivity index (χ2n) is 6.97. The summed E-state index contributed by atoms with van der Waals surface area (Å²) in [6.45, 7) is 11.9. The zero-order valence-electron chi connectivity index (χ0n) is 13.1. The molecule has 17 heavy (non-hydrogen) atoms. The smallest absolute Gasteiger partial charge is 0.0354 e. The van der Waals surface area contributed by atoms with Crippen molar-refractivity contribution in [1.82, 2.24) is 0 Å². The second-order valence-corrected chi connectivity index (χ2v) is 6.97. The SMILES string of the molecule is CCCCCCCCCC(C)(C)CCC(C)C. The molecule has 0 aliphatic heterocycles. The lowest BCUT2D eigenvalue weighted by Crippen LogP contribution is -2.12. The third-order valence-electron chi connectivity index (χ3n) is 3.86. The first-order valence-electron chi connectivity index (χ1n) is 7.98. The Bertz CT molecular complexity index is 155. The molecule has 0 fully saturated rings. The van der Waals surface area contributed by atoms with Crippen molar-refractivity contribution in [3.05, 3.63) is 0 Å². The molecule has 0 rings (SSSR count). The Hall–Kier alpha value is 0. The normalized spacial score (nSPS) is 12.4. The highest BCUT2D eigenvalue weighted by Gasteiger charge is 2.17. The maximum Gasteiger partial charge on any atom is -0.0354 e. The van der Waals surface area contributed by atoms with Gasteiger partial charge in [0.2, 0.25) is 0 Å². The van der Waals surface area contributed by atoms with Gasteiger partial charge < -0.3 is 0 Å². The molecule has 0 heteroatoms. The number of unbranched alkanes of at least 4 members (excludes halogenated alkanes) is 6. The van der Waals surface area contributed by atoms with E-state index in [4.69, 9.17) is 0 Å². The first-order chi connectivity index (χ1) is 7.98. The summed E-state index contributed by atoms with van der Waals surface area (Å²) < 4.78 is 0. The molecule has 0 atom stereocenters. The van der Waals surface area contributed by atoms with Gasteiger partial charge >= 0.3 is 0 Å². The van der Waals surface area contributed by atoms with Gasteiger partial charge in [-0.1, -0.05) is 86.0 Å². The Balaban J connectivity index is 3.39. The quantitative estimate of drug-likeness (QED) is 0.357. The Morgan fingerprint density at radius 3 is 1.82 bits per heavy atom. The second kappa shape index (κ2) is 9.97. The van der Waals surface area contributed by atoms with Gasteiger partial charge in [0.1, 0.15) is 0 Å². The van der Waals surface area contributed by atoms with Crippen molar-refractivity contribution in [1.29, 1.82) is 0 Å². The summed E-state index contributed by atoms with van der Waals surface area (Å²) in [6.07, 6.45) is 14.3. The van der Waals surface area contributed by atoms with Crippen LogP contribution in [-0.2, 0) is 0 Å². The van der Waals surface area contributed by atoms with Gasteiger partial charge in [-0.05, 0) is 24.2 Å². The van der Waals surface area contributed by atoms with Gasteiger partial charge in [-0.25, -0.2) is 0 Å². The van der Waals surface area contributed by atoms with E-state index in [9.17, 15) is 0 Å². The first-order valence-corrected chi connectivity index (χ1v) is 7.98. The number of hydrogen-bond acceptors (Lipinski definition) is 0. The van der Waals surface area contributed by atoms with Crippen molar-refractivity contribution in [2.45, 2.75) is 98.8 Å². The van der Waals surface area contributed by atoms with Crippen LogP contribution in [0.5, 0.6) is 0 Å². The largest absolute Gasteiger partial charge is 0.0654 e. The molecular weight excluding hydrogens is 204 g/mol. The van der Waals surface area contributed by atoms with Crippen LogP contribution < -0.4 is 0 Å². The fraction of sp³-hybridized carbons (Fsp3) is 1.00. The molecule has 0 saturated carbocycles. The molecule has 0 spiro atoms. The van der Waals surface area contributed by atoms with Gasteiger partial charge in [-0.2, -0.15) is 0 Å². The molecule has 0 bridgehead atoms. The van der Waals surface area contributed by atoms with E-state index in [-0.39, 0.29) is 0 Å². The van der Waals surface area contributed by atoms with E-state index in [0.29, 0.717) is 5.41 Å². The minimum absolute atomic E-state index is 0.577. The predicted octanol–water partition coefficient (Wildman–Crippen LogP) is 6.59. The van der Waals surface area contributed by atoms with Gasteiger partial charge in [0, 0.05) is 0 Å². The highest BCUT2D eigenvalue weighted by atomic mass is 14.2. The minimum Gasteiger partial charge on any atom is -0.0654 e. The third-order valence-corrected chi connectivity index (χ3v) is 3.86. The maximum absolute atomic E-state index is 2.45. The molecule has 0 aromatic carbocycles. The number of rotatable bonds is 11. The number of hydrogen-bond donors (Lipinski definition) is 0. The Morgan fingerprint density at radius 1 is 0.765 bits per heavy atom. The van der Waals surface area contributed by atoms with E-state index < -0.39 is 0 Å². The lowest BCUT2D eigenvalue weighted by atomic mass is 9.81. The average molecular weight is 240 g/mol. The van der Waals surface area contributed by atoms with Crippen molar-refractivity contribution in [2.24, 2.45) is 11.3 Å². The van der Waals surface area contributed by atoms with Crippen LogP contribution in [0.1, 0.15) is 98.8 Å². The lowest BCUT2D eigenvalue weighted by molar-refractivity contribution is 0.271. The van der Waals surface area contributed by atoms with E-state index in [1.807, 2.05) is 0 Å². The molecule has 0 aromatic rings. The molecule has 0 unspecified atom stereocenters. The van der Waals surface area contributed by atoms with Crippen molar-refractivity contribution >= 4 is 0 Å². The Labute approximate surface area is 111 Å². The van der Waals surface area contributed by atoms with Crippen LogP contribution in [-0.4, -0.2) is 0 Å². The summed E-state index contributed by atoms with van der Waals surface area (Å²) in [5.41, 5.74) is 0.577. The van der Waals surface area contributed by atoms with Crippen molar-refractivity contribution in [3.8, 4) is 0 Å². The van der Waals surface area contributed by atoms with Crippen LogP contribution in [0.4, 0.5) is 0 Å². The fourth-order valence-electron chi connectivity index (χ4n) is 2.37. The average Bonchev–Trinajstić information content (AvgIpc) is 2.25. The van der Waals surface area contributed by atoms with Crippen LogP contribution in [0.25, 0.3) is 0 Å². The minimum atomic E-state index is 0.577. The van der Waals surface area contributed by atoms with Gasteiger partial charge in [0.25, 0.3) is 0 Å². The fourth-order valence-corrected chi connectivity index (χ4v) is 2.37. The van der Waals surface area contributed by atoms with Gasteiger partial charge in [-0.15, -0.1) is 0 Å². The van der Waals surface area contributed by atoms with Crippen molar-refractivity contribution in [2.75, 3.05) is 0 Å². The molecule has 0 nitrogen and oxygen atoms in total. The van der Waals surface area contributed by atoms with Crippen LogP contribution in [0.3, 0.4) is 0 Å². The molecule has 0 heterocycles. The van der Waals surface area contributed by atoms with Crippen LogP contribution in [0, 0.1) is 11.3 Å². The van der Waals surface area contributed by atoms with E-state index in [1.54, 1.807) is 0 Å². The summed E-state index contributed by atoms with van der Waals surface area (Å²) in [5.74, 6) is 0.864. The molecule has 0 aromatic heterocycles. The van der Waals surface area contributed by atoms with E-state index >= 15 is 0 Å². The molecule has 104 valence electrons. The molecule has 0 aliphatic rings. The van der Waals surface area contributed by atoms with Crippen LogP contribution in [0.2, 0.25) is 0 Å². The van der Waals surface area contributed by atoms with Gasteiger partial charge in [-0.3, -0.25) is 0 Å². The van der Waals surface area contributed by atoms with Crippen LogP contribution >= 0.6 is 0 Å². The topological polar surface area (TPSA) is 0 Å². The molecule has 0 aliphatic carbocycles. The molecule has 0 N–H and O–H groups in total. The Kier molecular flexibility index (Phi) is 9.97. The first kappa shape index (κ1) is 17.0. The zero-order chi connectivity index (χ0) is 13.1. The predicted molar refractivity (Wildman–Crippen MR) is 80.5 cm³/mol. The van der Waals surface area contributed by atoms with E-state index in [2.05, 4.69) is 34.6 Å². The summed E-state index contributed by atoms with van der Waals surface area (Å²) in [7, 11) is 0. The van der Waals surface area contributed by atoms with E-state index in [1.165, 1.54) is 64.2 Å². The molecule has 0 saturated heterocycles. The van der Waals surface area contributed by atoms with Crippen molar-refractivity contribution < 1.29 is 0 Å². The molecule has 0 amide bonds. The highest BCUT2D eigenvalue weighted by Crippen LogP contribution is 2.30. The molecule has 0 radical (unpaired) electrons. The summed E-state index contributed by atoms with van der Waals surface area (Å²) in [6, 6.07) is 0. The third kappa shape index (κ3) is 12.2. The summed E-state index contributed by atoms with van der Waals surface area (Å²) in [5, 5.41) is 0. The highest BCUT2D eigenvalue weighted by molar-refractivity contribution is 4.69. The standard InChI is InChI=1S/C17H36/c1-6-7-8-9-10-11-12-14-17(4,5)15-13-16(2)3/h16H,6-15H2,1-5H3. The maximum atomic E-state index is 2.45. The Morgan fingerprint density at radius 2 is 1.29 bits per heavy atom. The van der Waals surface area contributed by atoms with Crippen molar-refractivity contribution in [3.63, 3.8) is 0 Å². The summed E-state index contributed by atoms with van der Waals surface area (Å²) in [4.78, 5) is 0. The van der Waals surface area contributed by atoms with E-state index in [0.717, 1.165) is 5.92 Å². The summed E-state index contributed by atoms with van der Waals surface area (Å²) >= 11 is 0. The monoisotopic (exact) mass is 240 g/mol. The molecular formula is C17H36. The van der Waals surface area contributed by atoms with Crippen LogP contribution in [0.15, 0.2) is 0 Å². The zero-order valence-corrected chi connectivity index (χ0v) is 13.1. The van der Waals surface area contributed by atoms with Gasteiger partial charge in [0.05, 0.1) is 0 Å². The lowest BCUT2D eigenvalue weighted by Gasteiger charge is -2.25. The van der Waals surface area contributed by atoms with Gasteiger partial charge in [0.15, 0.2) is 0 Å².